The van der Waals surface area contributed by atoms with Crippen LogP contribution in [0.5, 0.6) is 5.75 Å². The molecule has 0 aromatic heterocycles. The average Bonchev–Trinajstić information content (AvgIpc) is 3.02. The van der Waals surface area contributed by atoms with E-state index < -0.39 is 0 Å². The van der Waals surface area contributed by atoms with Gasteiger partial charge in [0, 0.05) is 26.2 Å². The molecule has 3 rings (SSSR count). The Morgan fingerprint density at radius 3 is 3.16 bits per heavy atom. The molecule has 0 saturated carbocycles. The molecule has 0 amide bonds. The van der Waals surface area contributed by atoms with E-state index in [4.69, 9.17) is 9.47 Å². The summed E-state index contributed by atoms with van der Waals surface area (Å²) in [6, 6.07) is 6.46. The molecule has 0 bridgehead atoms. The molecular formula is C16H23NO2. The van der Waals surface area contributed by atoms with Gasteiger partial charge in [-0.15, -0.1) is 0 Å². The van der Waals surface area contributed by atoms with E-state index in [1.165, 1.54) is 24.0 Å². The molecule has 2 heterocycles. The predicted molar refractivity (Wildman–Crippen MR) is 75.7 cm³/mol. The Bertz CT molecular complexity index is 427. The van der Waals surface area contributed by atoms with E-state index >= 15 is 0 Å². The maximum Gasteiger partial charge on any atom is 0.123 e. The summed E-state index contributed by atoms with van der Waals surface area (Å²) in [5, 5.41) is 3.52. The van der Waals surface area contributed by atoms with Crippen LogP contribution >= 0.6 is 0 Å². The Morgan fingerprint density at radius 2 is 2.32 bits per heavy atom. The van der Waals surface area contributed by atoms with Gasteiger partial charge in [0.05, 0.1) is 0 Å². The highest BCUT2D eigenvalue weighted by Crippen LogP contribution is 2.29. The molecule has 104 valence electrons. The van der Waals surface area contributed by atoms with Crippen molar-refractivity contribution in [1.82, 2.24) is 5.32 Å². The fourth-order valence-electron chi connectivity index (χ4n) is 2.94. The van der Waals surface area contributed by atoms with Crippen LogP contribution in [0.25, 0.3) is 0 Å². The summed E-state index contributed by atoms with van der Waals surface area (Å²) < 4.78 is 11.3. The quantitative estimate of drug-likeness (QED) is 0.825. The lowest BCUT2D eigenvalue weighted by Crippen LogP contribution is -2.31. The predicted octanol–water partition coefficient (Wildman–Crippen LogP) is 2.31. The van der Waals surface area contributed by atoms with Crippen molar-refractivity contribution < 1.29 is 9.47 Å². The Morgan fingerprint density at radius 1 is 1.37 bits per heavy atom. The first kappa shape index (κ1) is 12.9. The zero-order valence-electron chi connectivity index (χ0n) is 11.7. The number of ether oxygens (including phenoxy) is 2. The van der Waals surface area contributed by atoms with Crippen LogP contribution in [-0.4, -0.2) is 32.4 Å². The van der Waals surface area contributed by atoms with Crippen molar-refractivity contribution >= 4 is 0 Å². The van der Waals surface area contributed by atoms with Gasteiger partial charge in [0.1, 0.15) is 11.9 Å². The highest BCUT2D eigenvalue weighted by molar-refractivity contribution is 5.40. The smallest absolute Gasteiger partial charge is 0.123 e. The largest absolute Gasteiger partial charge is 0.488 e. The first-order valence-corrected chi connectivity index (χ1v) is 7.36. The van der Waals surface area contributed by atoms with Crippen LogP contribution in [0.2, 0.25) is 0 Å². The monoisotopic (exact) mass is 261 g/mol. The van der Waals surface area contributed by atoms with Gasteiger partial charge in [-0.25, -0.2) is 0 Å². The Hall–Kier alpha value is -1.06. The number of benzene rings is 1. The third-order valence-corrected chi connectivity index (χ3v) is 4.08. The molecular weight excluding hydrogens is 238 g/mol. The van der Waals surface area contributed by atoms with Crippen molar-refractivity contribution in [3.63, 3.8) is 0 Å². The Labute approximate surface area is 115 Å². The van der Waals surface area contributed by atoms with Crippen molar-refractivity contribution in [3.8, 4) is 5.75 Å². The van der Waals surface area contributed by atoms with E-state index in [-0.39, 0.29) is 0 Å². The molecule has 0 spiro atoms. The van der Waals surface area contributed by atoms with Gasteiger partial charge in [0.2, 0.25) is 0 Å². The van der Waals surface area contributed by atoms with E-state index in [9.17, 15) is 0 Å². The topological polar surface area (TPSA) is 30.5 Å². The molecule has 1 saturated heterocycles. The summed E-state index contributed by atoms with van der Waals surface area (Å²) in [6.07, 6.45) is 3.79. The lowest BCUT2D eigenvalue weighted by atomic mass is 10.1. The van der Waals surface area contributed by atoms with Gasteiger partial charge in [-0.3, -0.25) is 0 Å². The summed E-state index contributed by atoms with van der Waals surface area (Å²) in [4.78, 5) is 0. The molecule has 1 aromatic carbocycles. The molecule has 1 fully saturated rings. The highest BCUT2D eigenvalue weighted by atomic mass is 16.5. The van der Waals surface area contributed by atoms with Crippen LogP contribution < -0.4 is 10.1 Å². The van der Waals surface area contributed by atoms with Crippen LogP contribution in [0.4, 0.5) is 0 Å². The molecule has 0 radical (unpaired) electrons. The van der Waals surface area contributed by atoms with E-state index in [1.807, 2.05) is 0 Å². The van der Waals surface area contributed by atoms with Crippen molar-refractivity contribution in [2.75, 3.05) is 26.3 Å². The minimum absolute atomic E-state index is 0.302. The van der Waals surface area contributed by atoms with Gasteiger partial charge in [-0.05, 0) is 43.9 Å². The lowest BCUT2D eigenvalue weighted by molar-refractivity contribution is 0.183. The molecule has 1 aromatic rings. The average molecular weight is 261 g/mol. The molecule has 2 aliphatic rings. The van der Waals surface area contributed by atoms with Crippen LogP contribution in [-0.2, 0) is 11.2 Å². The Kier molecular flexibility index (Phi) is 4.04. The number of fused-ring (bicyclic) bond motifs is 1. The molecule has 0 aliphatic carbocycles. The van der Waals surface area contributed by atoms with E-state index in [1.54, 1.807) is 0 Å². The lowest BCUT2D eigenvalue weighted by Gasteiger charge is -2.13. The van der Waals surface area contributed by atoms with Crippen LogP contribution in [0.1, 0.15) is 24.0 Å². The van der Waals surface area contributed by atoms with E-state index in [0.717, 1.165) is 44.4 Å². The molecule has 2 atom stereocenters. The number of nitrogens with one attached hydrogen (secondary N) is 1. The van der Waals surface area contributed by atoms with Crippen LogP contribution in [0, 0.1) is 12.8 Å². The number of hydrogen-bond donors (Lipinski definition) is 1. The second-order valence-electron chi connectivity index (χ2n) is 5.78. The third-order valence-electron chi connectivity index (χ3n) is 4.08. The zero-order chi connectivity index (χ0) is 13.1. The zero-order valence-corrected chi connectivity index (χ0v) is 11.7. The molecule has 2 unspecified atom stereocenters. The minimum atomic E-state index is 0.302. The third kappa shape index (κ3) is 3.28. The maximum atomic E-state index is 5.95. The molecule has 1 N–H and O–H groups in total. The number of rotatable bonds is 5. The van der Waals surface area contributed by atoms with Gasteiger partial charge in [0.15, 0.2) is 0 Å². The summed E-state index contributed by atoms with van der Waals surface area (Å²) in [5.41, 5.74) is 2.67. The number of hydrogen-bond acceptors (Lipinski definition) is 3. The summed E-state index contributed by atoms with van der Waals surface area (Å²) >= 11 is 0. The van der Waals surface area contributed by atoms with Crippen molar-refractivity contribution in [1.29, 1.82) is 0 Å². The molecule has 3 nitrogen and oxygen atoms in total. The molecule has 2 aliphatic heterocycles. The van der Waals surface area contributed by atoms with E-state index in [0.29, 0.717) is 6.10 Å². The van der Waals surface area contributed by atoms with Gasteiger partial charge >= 0.3 is 0 Å². The van der Waals surface area contributed by atoms with Gasteiger partial charge in [-0.2, -0.15) is 0 Å². The molecule has 19 heavy (non-hydrogen) atoms. The van der Waals surface area contributed by atoms with Crippen LogP contribution in [0.3, 0.4) is 0 Å². The first-order valence-electron chi connectivity index (χ1n) is 7.36. The summed E-state index contributed by atoms with van der Waals surface area (Å²) in [7, 11) is 0. The summed E-state index contributed by atoms with van der Waals surface area (Å²) in [6.45, 7) is 6.05. The van der Waals surface area contributed by atoms with E-state index in [2.05, 4.69) is 30.4 Å². The first-order chi connectivity index (χ1) is 9.31. The SMILES string of the molecule is Cc1ccc2c(c1)CC(CNCCC1CCOC1)O2. The maximum absolute atomic E-state index is 5.95. The highest BCUT2D eigenvalue weighted by Gasteiger charge is 2.22. The van der Waals surface area contributed by atoms with Gasteiger partial charge in [0.25, 0.3) is 0 Å². The second-order valence-corrected chi connectivity index (χ2v) is 5.78. The molecule has 3 heteroatoms. The number of aryl methyl sites for hydroxylation is 1. The standard InChI is InChI=1S/C16H23NO2/c1-12-2-3-16-14(8-12)9-15(19-16)10-17-6-4-13-5-7-18-11-13/h2-3,8,13,15,17H,4-7,9-11H2,1H3. The van der Waals surface area contributed by atoms with Crippen molar-refractivity contribution in [2.24, 2.45) is 5.92 Å². The van der Waals surface area contributed by atoms with Crippen molar-refractivity contribution in [3.05, 3.63) is 29.3 Å². The normalized spacial score (nSPS) is 25.3. The fraction of sp³-hybridized carbons (Fsp3) is 0.625. The fourth-order valence-corrected chi connectivity index (χ4v) is 2.94. The van der Waals surface area contributed by atoms with Gasteiger partial charge in [-0.1, -0.05) is 17.7 Å². The van der Waals surface area contributed by atoms with Crippen molar-refractivity contribution in [2.45, 2.75) is 32.3 Å². The van der Waals surface area contributed by atoms with Crippen LogP contribution in [0.15, 0.2) is 18.2 Å². The summed E-state index contributed by atoms with van der Waals surface area (Å²) in [5.74, 6) is 1.83. The van der Waals surface area contributed by atoms with Gasteiger partial charge < -0.3 is 14.8 Å². The minimum Gasteiger partial charge on any atom is -0.488 e. The Balaban J connectivity index is 1.38. The second kappa shape index (κ2) is 5.93.